The third-order valence-electron chi connectivity index (χ3n) is 0. The van der Waals surface area contributed by atoms with E-state index < -0.39 is 19.7 Å². The van der Waals surface area contributed by atoms with E-state index in [1.54, 1.807) is 0 Å². The summed E-state index contributed by atoms with van der Waals surface area (Å²) in [7, 11) is 0. The van der Waals surface area contributed by atoms with Crippen molar-refractivity contribution in [2.45, 2.75) is 20.8 Å². The van der Waals surface area contributed by atoms with Crippen molar-refractivity contribution in [1.82, 2.24) is 0 Å². The van der Waals surface area contributed by atoms with Gasteiger partial charge < -0.3 is 15.3 Å². The Labute approximate surface area is 65.4 Å². The molecule has 0 aliphatic heterocycles. The maximum atomic E-state index is 7.85. The molecule has 3 heteroatoms. The zero-order chi connectivity index (χ0) is 13.5. The van der Waals surface area contributed by atoms with Crippen LogP contribution >= 0.6 is 0 Å². The molecule has 0 amide bonds. The Hall–Kier alpha value is -0.120. The number of hydrogen-bond acceptors (Lipinski definition) is 3. The van der Waals surface area contributed by atoms with Crippen molar-refractivity contribution in [3.63, 3.8) is 0 Å². The maximum absolute atomic E-state index is 7.85. The van der Waals surface area contributed by atoms with Crippen LogP contribution in [0.4, 0.5) is 0 Å². The molecule has 0 aromatic heterocycles. The summed E-state index contributed by atoms with van der Waals surface area (Å²) in [5.41, 5.74) is 0. The lowest BCUT2D eigenvalue weighted by molar-refractivity contribution is 0.318. The molecule has 0 rings (SSSR count). The van der Waals surface area contributed by atoms with Crippen molar-refractivity contribution >= 4 is 0 Å². The lowest BCUT2D eigenvalue weighted by Crippen LogP contribution is -1.57. The van der Waals surface area contributed by atoms with Gasteiger partial charge in [0.05, 0.1) is 8.22 Å². The Kier molecular flexibility index (Phi) is 19.5. The third kappa shape index (κ3) is 18900. The predicted octanol–water partition coefficient (Wildman–Crippen LogP) is -0.00420. The zero-order valence-corrected chi connectivity index (χ0v) is 5.84. The SMILES string of the molecule is [1H][C@@]([2H])(C)O.[1H][C@@]([2H])(C)O.[2H]C([2H])(C)O. The molecular weight excluding hydrogens is 120 g/mol. The fraction of sp³-hybridized carbons (Fsp3) is 1.00. The molecule has 0 saturated carbocycles. The van der Waals surface area contributed by atoms with Crippen LogP contribution in [0.15, 0.2) is 0 Å². The van der Waals surface area contributed by atoms with E-state index in [-0.39, 0.29) is 0 Å². The van der Waals surface area contributed by atoms with Gasteiger partial charge in [0.15, 0.2) is 0 Å². The molecule has 3 N–H and O–H groups in total. The Morgan fingerprint density at radius 2 is 1.22 bits per heavy atom. The van der Waals surface area contributed by atoms with Gasteiger partial charge in [0.1, 0.15) is 0 Å². The quantitative estimate of drug-likeness (QED) is 0.446. The topological polar surface area (TPSA) is 60.7 Å². The van der Waals surface area contributed by atoms with Crippen LogP contribution in [0.2, 0.25) is 0 Å². The first kappa shape index (κ1) is 3.91. The Bertz CT molecular complexity index is 97.9. The van der Waals surface area contributed by atoms with Crippen LogP contribution in [0.3, 0.4) is 0 Å². The minimum Gasteiger partial charge on any atom is -0.397 e. The van der Waals surface area contributed by atoms with E-state index in [0.29, 0.717) is 0 Å². The van der Waals surface area contributed by atoms with E-state index in [0.717, 1.165) is 20.8 Å². The minimum absolute atomic E-state index is 1.08. The maximum Gasteiger partial charge on any atom is 0.0561 e. The largest absolute Gasteiger partial charge is 0.397 e. The van der Waals surface area contributed by atoms with Crippen LogP contribution in [0, 0.1) is 0 Å². The highest BCUT2D eigenvalue weighted by Gasteiger charge is 1.35. The highest BCUT2D eigenvalue weighted by atomic mass is 16.3. The molecule has 0 heterocycles. The summed E-state index contributed by atoms with van der Waals surface area (Å²) in [6.07, 6.45) is 0. The standard InChI is InChI=1S/3C2H6O/c3*1-2-3/h3*3H,2H2,1H3/i2D2;2*2DH/t;2*2-/m.11/s1. The average molecular weight is 142 g/mol. The van der Waals surface area contributed by atoms with Crippen LogP contribution in [0.1, 0.15) is 29.0 Å². The molecule has 0 fully saturated rings. The summed E-state index contributed by atoms with van der Waals surface area (Å²) < 4.78 is 37.0. The molecule has 0 saturated heterocycles. The van der Waals surface area contributed by atoms with Gasteiger partial charge in [-0.2, -0.15) is 0 Å². The number of hydrogen-bond donors (Lipinski definition) is 3. The first-order valence-electron chi connectivity index (χ1n) is 5.17. The van der Waals surface area contributed by atoms with Gasteiger partial charge in [0, 0.05) is 19.7 Å². The van der Waals surface area contributed by atoms with Gasteiger partial charge >= 0.3 is 0 Å². The van der Waals surface area contributed by atoms with Crippen LogP contribution in [0.25, 0.3) is 0 Å². The third-order valence-corrected chi connectivity index (χ3v) is 0. The highest BCUT2D eigenvalue weighted by molar-refractivity contribution is 3.84. The van der Waals surface area contributed by atoms with E-state index in [2.05, 4.69) is 0 Å². The normalized spacial score (nSPS) is 31.3. The smallest absolute Gasteiger partial charge is 0.0561 e. The van der Waals surface area contributed by atoms with E-state index >= 15 is 0 Å². The lowest BCUT2D eigenvalue weighted by Gasteiger charge is -1.52. The van der Waals surface area contributed by atoms with Crippen LogP contribution < -0.4 is 0 Å². The minimum atomic E-state index is -2.00. The van der Waals surface area contributed by atoms with Gasteiger partial charge in [-0.05, 0) is 20.8 Å². The van der Waals surface area contributed by atoms with E-state index in [9.17, 15) is 0 Å². The van der Waals surface area contributed by atoms with Gasteiger partial charge in [0.2, 0.25) is 0 Å². The molecule has 60 valence electrons. The van der Waals surface area contributed by atoms with Gasteiger partial charge in [-0.3, -0.25) is 0 Å². The first-order valence-corrected chi connectivity index (χ1v) is 2.17. The van der Waals surface area contributed by atoms with E-state index in [1.165, 1.54) is 0 Å². The monoisotopic (exact) mass is 142 g/mol. The van der Waals surface area contributed by atoms with Crippen LogP contribution in [0.5, 0.6) is 0 Å². The fourth-order valence-corrected chi connectivity index (χ4v) is 0. The van der Waals surface area contributed by atoms with Gasteiger partial charge in [-0.1, -0.05) is 0 Å². The summed E-state index contributed by atoms with van der Waals surface area (Å²) in [5, 5.41) is 23.6. The second-order valence-electron chi connectivity index (χ2n) is 0.671. The van der Waals surface area contributed by atoms with E-state index in [1.807, 2.05) is 0 Å². The summed E-state index contributed by atoms with van der Waals surface area (Å²) >= 11 is 0. The average Bonchev–Trinajstić information content (AvgIpc) is 1.41. The molecular formula is C6H18O3. The molecule has 0 unspecified atom stereocenters. The molecule has 0 aliphatic carbocycles. The summed E-state index contributed by atoms with van der Waals surface area (Å²) in [5.74, 6) is 0. The molecule has 0 spiro atoms. The Morgan fingerprint density at radius 3 is 1.22 bits per heavy atom. The van der Waals surface area contributed by atoms with Gasteiger partial charge in [-0.25, -0.2) is 0 Å². The second-order valence-corrected chi connectivity index (χ2v) is 0.671. The van der Waals surface area contributed by atoms with Crippen molar-refractivity contribution in [3.8, 4) is 0 Å². The molecule has 2 atom stereocenters. The summed E-state index contributed by atoms with van der Waals surface area (Å²) in [6, 6.07) is 0. The molecule has 9 heavy (non-hydrogen) atoms. The summed E-state index contributed by atoms with van der Waals surface area (Å²) in [4.78, 5) is 0. The molecule has 3 nitrogen and oxygen atoms in total. The van der Waals surface area contributed by atoms with Gasteiger partial charge in [0.25, 0.3) is 0 Å². The van der Waals surface area contributed by atoms with Crippen molar-refractivity contribution in [2.24, 2.45) is 0 Å². The molecule has 0 aromatic carbocycles. The predicted molar refractivity (Wildman–Crippen MR) is 38.3 cm³/mol. The Morgan fingerprint density at radius 1 is 1.22 bits per heavy atom. The Balaban J connectivity index is -0.000000144. The lowest BCUT2D eigenvalue weighted by atomic mass is 10.9. The van der Waals surface area contributed by atoms with Crippen molar-refractivity contribution in [2.75, 3.05) is 19.7 Å². The number of aliphatic hydroxyl groups is 3. The van der Waals surface area contributed by atoms with E-state index in [4.69, 9.17) is 23.5 Å². The number of rotatable bonds is 0. The molecule has 0 bridgehead atoms. The fourth-order valence-electron chi connectivity index (χ4n) is 0. The van der Waals surface area contributed by atoms with Crippen molar-refractivity contribution < 1.29 is 23.5 Å². The van der Waals surface area contributed by atoms with Gasteiger partial charge in [-0.15, -0.1) is 0 Å². The first-order chi connectivity index (χ1) is 6.00. The molecule has 0 radical (unpaired) electrons. The highest BCUT2D eigenvalue weighted by Crippen LogP contribution is 1.30. The second kappa shape index (κ2) is 45.0. The molecule has 0 aromatic rings. The van der Waals surface area contributed by atoms with Crippen molar-refractivity contribution in [3.05, 3.63) is 0 Å². The summed E-state index contributed by atoms with van der Waals surface area (Å²) in [6.45, 7) is -2.77. The van der Waals surface area contributed by atoms with Crippen LogP contribution in [-0.2, 0) is 0 Å². The zero-order valence-electron chi connectivity index (χ0n) is 11.8. The van der Waals surface area contributed by atoms with Crippen LogP contribution in [-0.4, -0.2) is 35.0 Å². The van der Waals surface area contributed by atoms with Crippen molar-refractivity contribution in [1.29, 1.82) is 0 Å². The molecule has 0 aliphatic rings.